The average Bonchev–Trinajstić information content (AvgIpc) is 2.67. The van der Waals surface area contributed by atoms with Gasteiger partial charge in [0.2, 0.25) is 5.88 Å². The molecule has 0 unspecified atom stereocenters. The Morgan fingerprint density at radius 2 is 1.89 bits per heavy atom. The van der Waals surface area contributed by atoms with Crippen LogP contribution in [-0.2, 0) is 4.79 Å². The van der Waals surface area contributed by atoms with Gasteiger partial charge in [0.1, 0.15) is 11.9 Å². The van der Waals surface area contributed by atoms with Gasteiger partial charge in [-0.3, -0.25) is 0 Å². The molecule has 150 valence electrons. The quantitative estimate of drug-likeness (QED) is 0.561. The van der Waals surface area contributed by atoms with Crippen molar-refractivity contribution in [2.24, 2.45) is 0 Å². The molecule has 6 heteroatoms. The van der Waals surface area contributed by atoms with Crippen molar-refractivity contribution in [3.8, 4) is 22.8 Å². The topological polar surface area (TPSA) is 48.4 Å². The van der Waals surface area contributed by atoms with E-state index in [0.29, 0.717) is 29.8 Å². The van der Waals surface area contributed by atoms with Gasteiger partial charge in [0.15, 0.2) is 17.4 Å². The summed E-state index contributed by atoms with van der Waals surface area (Å²) in [7, 11) is 0. The molecule has 0 N–H and O–H groups in total. The van der Waals surface area contributed by atoms with Gasteiger partial charge in [-0.05, 0) is 68.9 Å². The number of carbonyl (C=O) groups is 1. The summed E-state index contributed by atoms with van der Waals surface area (Å²) in [6, 6.07) is 5.92. The second-order valence-corrected chi connectivity index (χ2v) is 7.16. The van der Waals surface area contributed by atoms with E-state index < -0.39 is 17.4 Å². The first-order valence-corrected chi connectivity index (χ1v) is 9.78. The van der Waals surface area contributed by atoms with Gasteiger partial charge in [-0.1, -0.05) is 6.42 Å². The lowest BCUT2D eigenvalue weighted by molar-refractivity contribution is -0.117. The first-order chi connectivity index (χ1) is 13.5. The number of hydrogen-bond donors (Lipinski definition) is 0. The number of hydrogen-bond acceptors (Lipinski definition) is 4. The number of halogens is 2. The normalized spacial score (nSPS) is 14.7. The number of rotatable bonds is 8. The number of aromatic nitrogens is 1. The molecule has 1 aromatic heterocycles. The Morgan fingerprint density at radius 1 is 1.18 bits per heavy atom. The van der Waals surface area contributed by atoms with Crippen LogP contribution in [0.4, 0.5) is 8.78 Å². The highest BCUT2D eigenvalue weighted by Crippen LogP contribution is 2.34. The van der Waals surface area contributed by atoms with Crippen LogP contribution < -0.4 is 9.47 Å². The number of carbonyl (C=O) groups excluding carboxylic acids is 1. The molecule has 1 aliphatic carbocycles. The van der Waals surface area contributed by atoms with Crippen LogP contribution in [0.25, 0.3) is 11.1 Å². The van der Waals surface area contributed by atoms with Crippen molar-refractivity contribution in [1.29, 1.82) is 0 Å². The third kappa shape index (κ3) is 5.27. The van der Waals surface area contributed by atoms with Crippen LogP contribution in [0.2, 0.25) is 0 Å². The van der Waals surface area contributed by atoms with Gasteiger partial charge in [-0.25, -0.2) is 13.8 Å². The molecule has 0 amide bonds. The van der Waals surface area contributed by atoms with Gasteiger partial charge in [-0.2, -0.15) is 0 Å². The first-order valence-electron chi connectivity index (χ1n) is 9.78. The molecule has 1 aromatic carbocycles. The molecule has 0 saturated heterocycles. The Morgan fingerprint density at radius 3 is 2.57 bits per heavy atom. The maximum atomic E-state index is 14.5. The van der Waals surface area contributed by atoms with Crippen LogP contribution in [0.15, 0.2) is 30.5 Å². The van der Waals surface area contributed by atoms with Crippen LogP contribution in [0.1, 0.15) is 51.9 Å². The Kier molecular flexibility index (Phi) is 6.95. The fraction of sp³-hybridized carbons (Fsp3) is 0.455. The molecule has 2 aromatic rings. The van der Waals surface area contributed by atoms with Crippen LogP contribution in [0, 0.1) is 11.6 Å². The van der Waals surface area contributed by atoms with E-state index in [2.05, 4.69) is 4.98 Å². The third-order valence-corrected chi connectivity index (χ3v) is 4.83. The van der Waals surface area contributed by atoms with Crippen molar-refractivity contribution in [2.75, 3.05) is 6.61 Å². The lowest BCUT2D eigenvalue weighted by atomic mass is 9.97. The number of benzene rings is 1. The van der Waals surface area contributed by atoms with Crippen molar-refractivity contribution in [2.45, 2.75) is 58.0 Å². The molecule has 0 aliphatic heterocycles. The van der Waals surface area contributed by atoms with Crippen molar-refractivity contribution in [3.63, 3.8) is 0 Å². The molecule has 0 bridgehead atoms. The van der Waals surface area contributed by atoms with Gasteiger partial charge in [0.05, 0.1) is 6.61 Å². The predicted molar refractivity (Wildman–Crippen MR) is 103 cm³/mol. The molecule has 3 rings (SSSR count). The predicted octanol–water partition coefficient (Wildman–Crippen LogP) is 5.49. The molecule has 1 heterocycles. The summed E-state index contributed by atoms with van der Waals surface area (Å²) < 4.78 is 40.2. The zero-order valence-corrected chi connectivity index (χ0v) is 16.0. The summed E-state index contributed by atoms with van der Waals surface area (Å²) in [5.74, 6) is -1.59. The first kappa shape index (κ1) is 20.2. The Balaban J connectivity index is 1.77. The summed E-state index contributed by atoms with van der Waals surface area (Å²) >= 11 is 0. The second-order valence-electron chi connectivity index (χ2n) is 7.16. The molecule has 1 aliphatic rings. The van der Waals surface area contributed by atoms with E-state index in [0.717, 1.165) is 25.7 Å². The Labute approximate surface area is 163 Å². The molecular formula is C22H25F2NO3. The maximum absolute atomic E-state index is 14.5. The highest BCUT2D eigenvalue weighted by molar-refractivity contribution is 5.75. The van der Waals surface area contributed by atoms with E-state index in [1.807, 2.05) is 0 Å². The van der Waals surface area contributed by atoms with Crippen LogP contribution >= 0.6 is 0 Å². The molecular weight excluding hydrogens is 364 g/mol. The molecule has 1 saturated carbocycles. The van der Waals surface area contributed by atoms with Crippen molar-refractivity contribution in [1.82, 2.24) is 4.98 Å². The van der Waals surface area contributed by atoms with Gasteiger partial charge < -0.3 is 14.3 Å². The fourth-order valence-corrected chi connectivity index (χ4v) is 3.39. The molecule has 1 fully saturated rings. The summed E-state index contributed by atoms with van der Waals surface area (Å²) in [6.07, 6.45) is 7.80. The Bertz CT molecular complexity index is 796. The van der Waals surface area contributed by atoms with E-state index in [1.165, 1.54) is 25.5 Å². The van der Waals surface area contributed by atoms with Gasteiger partial charge in [0.25, 0.3) is 0 Å². The number of nitrogens with zero attached hydrogens (tertiary/aromatic N) is 1. The number of ketones is 1. The summed E-state index contributed by atoms with van der Waals surface area (Å²) in [4.78, 5) is 15.2. The van der Waals surface area contributed by atoms with Crippen molar-refractivity contribution < 1.29 is 23.0 Å². The van der Waals surface area contributed by atoms with E-state index in [-0.39, 0.29) is 18.5 Å². The zero-order chi connectivity index (χ0) is 19.9. The average molecular weight is 389 g/mol. The van der Waals surface area contributed by atoms with Gasteiger partial charge >= 0.3 is 0 Å². The molecule has 4 nitrogen and oxygen atoms in total. The van der Waals surface area contributed by atoms with Crippen molar-refractivity contribution in [3.05, 3.63) is 42.1 Å². The SMILES string of the molecule is CC(=O)CCCOc1c(F)cc(-c2cccnc2OC2CCCCC2)cc1F. The highest BCUT2D eigenvalue weighted by Gasteiger charge is 2.20. The molecule has 0 spiro atoms. The van der Waals surface area contributed by atoms with E-state index in [4.69, 9.17) is 9.47 Å². The second kappa shape index (κ2) is 9.62. The molecule has 28 heavy (non-hydrogen) atoms. The zero-order valence-electron chi connectivity index (χ0n) is 16.0. The minimum Gasteiger partial charge on any atom is -0.488 e. The fourth-order valence-electron chi connectivity index (χ4n) is 3.39. The summed E-state index contributed by atoms with van der Waals surface area (Å²) in [6.45, 7) is 1.55. The lowest BCUT2D eigenvalue weighted by Crippen LogP contribution is -2.20. The highest BCUT2D eigenvalue weighted by atomic mass is 19.1. The van der Waals surface area contributed by atoms with Crippen LogP contribution in [0.5, 0.6) is 11.6 Å². The third-order valence-electron chi connectivity index (χ3n) is 4.83. The number of ether oxygens (including phenoxy) is 2. The molecule has 0 radical (unpaired) electrons. The maximum Gasteiger partial charge on any atom is 0.221 e. The van der Waals surface area contributed by atoms with Gasteiger partial charge in [0, 0.05) is 18.2 Å². The summed E-state index contributed by atoms with van der Waals surface area (Å²) in [5, 5.41) is 0. The van der Waals surface area contributed by atoms with Crippen LogP contribution in [0.3, 0.4) is 0 Å². The van der Waals surface area contributed by atoms with Crippen LogP contribution in [-0.4, -0.2) is 23.5 Å². The van der Waals surface area contributed by atoms with Crippen molar-refractivity contribution >= 4 is 5.78 Å². The molecule has 0 atom stereocenters. The minimum atomic E-state index is -0.787. The van der Waals surface area contributed by atoms with E-state index in [1.54, 1.807) is 18.3 Å². The largest absolute Gasteiger partial charge is 0.488 e. The standard InChI is InChI=1S/C22H25F2NO3/c1-15(26)7-6-12-27-21-19(23)13-16(14-20(21)24)18-10-5-11-25-22(18)28-17-8-3-2-4-9-17/h5,10-11,13-14,17H,2-4,6-9,12H2,1H3. The van der Waals surface area contributed by atoms with Gasteiger partial charge in [-0.15, -0.1) is 0 Å². The summed E-state index contributed by atoms with van der Waals surface area (Å²) in [5.41, 5.74) is 0.902. The number of pyridine rings is 1. The lowest BCUT2D eigenvalue weighted by Gasteiger charge is -2.23. The monoisotopic (exact) mass is 389 g/mol. The van der Waals surface area contributed by atoms with E-state index >= 15 is 0 Å². The smallest absolute Gasteiger partial charge is 0.221 e. The minimum absolute atomic E-state index is 0.0157. The van der Waals surface area contributed by atoms with E-state index in [9.17, 15) is 13.6 Å². The number of Topliss-reactive ketones (excluding diaryl/α,β-unsaturated/α-hetero) is 1. The Hall–Kier alpha value is -2.50.